The van der Waals surface area contributed by atoms with Crippen LogP contribution in [0.4, 0.5) is 0 Å². The van der Waals surface area contributed by atoms with Crippen molar-refractivity contribution in [3.63, 3.8) is 0 Å². The molecule has 0 aliphatic heterocycles. The molecule has 0 spiro atoms. The molecule has 18 heavy (non-hydrogen) atoms. The highest BCUT2D eigenvalue weighted by Gasteiger charge is 2.23. The van der Waals surface area contributed by atoms with Crippen molar-refractivity contribution in [1.82, 2.24) is 10.3 Å². The molecule has 0 aromatic carbocycles. The lowest BCUT2D eigenvalue weighted by Crippen LogP contribution is -2.35. The fraction of sp³-hybridized carbons (Fsp3) is 0.667. The number of nitrogens with two attached hydrogens (primary N) is 1. The molecule has 102 valence electrons. The number of aryl methyl sites for hydroxylation is 1. The Balaban J connectivity index is 2.42. The van der Waals surface area contributed by atoms with Crippen molar-refractivity contribution in [2.45, 2.75) is 40.2 Å². The van der Waals surface area contributed by atoms with Crippen molar-refractivity contribution in [2.24, 2.45) is 16.3 Å². The molecular weight excluding hydrogens is 248 g/mol. The van der Waals surface area contributed by atoms with E-state index in [1.807, 2.05) is 26.2 Å². The van der Waals surface area contributed by atoms with Gasteiger partial charge in [0.2, 0.25) is 0 Å². The Labute approximate surface area is 112 Å². The molecule has 0 fully saturated rings. The Hall–Kier alpha value is -1.14. The van der Waals surface area contributed by atoms with Crippen LogP contribution < -0.4 is 11.1 Å². The van der Waals surface area contributed by atoms with Gasteiger partial charge in [0.25, 0.3) is 0 Å². The second-order valence-corrected chi connectivity index (χ2v) is 6.01. The van der Waals surface area contributed by atoms with Crippen molar-refractivity contribution in [3.8, 4) is 0 Å². The van der Waals surface area contributed by atoms with E-state index in [9.17, 15) is 0 Å². The summed E-state index contributed by atoms with van der Waals surface area (Å²) >= 11 is 1.66. The highest BCUT2D eigenvalue weighted by atomic mass is 32.1. The van der Waals surface area contributed by atoms with Gasteiger partial charge in [-0.05, 0) is 26.8 Å². The number of rotatable bonds is 6. The van der Waals surface area contributed by atoms with Gasteiger partial charge in [-0.15, -0.1) is 11.3 Å². The maximum Gasteiger partial charge on any atom is 0.144 e. The molecule has 1 aromatic rings. The van der Waals surface area contributed by atoms with Crippen LogP contribution in [-0.4, -0.2) is 22.6 Å². The van der Waals surface area contributed by atoms with E-state index in [1.54, 1.807) is 11.3 Å². The minimum Gasteiger partial charge on any atom is -0.409 e. The summed E-state index contributed by atoms with van der Waals surface area (Å²) in [7, 11) is 0. The molecule has 1 heterocycles. The zero-order chi connectivity index (χ0) is 13.8. The summed E-state index contributed by atoms with van der Waals surface area (Å²) in [6.07, 6.45) is 0.803. The highest BCUT2D eigenvalue weighted by molar-refractivity contribution is 7.09. The van der Waals surface area contributed by atoms with Crippen LogP contribution in [0.3, 0.4) is 0 Å². The van der Waals surface area contributed by atoms with Crippen LogP contribution in [-0.2, 0) is 0 Å². The second kappa shape index (κ2) is 6.15. The molecule has 0 aliphatic carbocycles. The third-order valence-electron chi connectivity index (χ3n) is 3.01. The number of aromatic nitrogens is 1. The van der Waals surface area contributed by atoms with Gasteiger partial charge in [-0.1, -0.05) is 19.0 Å². The summed E-state index contributed by atoms with van der Waals surface area (Å²) in [6, 6.07) is 0.229. The van der Waals surface area contributed by atoms with Gasteiger partial charge in [0.1, 0.15) is 10.8 Å². The monoisotopic (exact) mass is 270 g/mol. The van der Waals surface area contributed by atoms with Gasteiger partial charge in [0.05, 0.1) is 6.04 Å². The maximum atomic E-state index is 8.69. The predicted molar refractivity (Wildman–Crippen MR) is 75.1 cm³/mol. The lowest BCUT2D eigenvalue weighted by atomic mass is 9.88. The molecule has 1 aromatic heterocycles. The average molecular weight is 270 g/mol. The number of nitrogens with zero attached hydrogens (tertiary/aromatic N) is 2. The molecule has 0 bridgehead atoms. The number of hydrogen-bond acceptors (Lipinski definition) is 5. The summed E-state index contributed by atoms with van der Waals surface area (Å²) in [5.41, 5.74) is 6.39. The Bertz CT molecular complexity index is 414. The van der Waals surface area contributed by atoms with E-state index in [0.29, 0.717) is 0 Å². The van der Waals surface area contributed by atoms with Crippen molar-refractivity contribution in [2.75, 3.05) is 6.54 Å². The standard InChI is InChI=1S/C12H22N4OS/c1-8-7-18-10(15-8)9(2)14-6-5-12(3,4)11(13)16-17/h7,9,14,17H,5-6H2,1-4H3,(H2,13,16). The molecule has 0 radical (unpaired) electrons. The van der Waals surface area contributed by atoms with Crippen LogP contribution in [0.25, 0.3) is 0 Å². The van der Waals surface area contributed by atoms with Gasteiger partial charge < -0.3 is 16.3 Å². The first kappa shape index (κ1) is 14.9. The topological polar surface area (TPSA) is 83.5 Å². The van der Waals surface area contributed by atoms with E-state index in [-0.39, 0.29) is 17.3 Å². The van der Waals surface area contributed by atoms with Gasteiger partial charge in [-0.2, -0.15) is 0 Å². The number of nitrogens with one attached hydrogen (secondary N) is 1. The van der Waals surface area contributed by atoms with Crippen LogP contribution in [0.2, 0.25) is 0 Å². The van der Waals surface area contributed by atoms with Crippen molar-refractivity contribution in [1.29, 1.82) is 0 Å². The van der Waals surface area contributed by atoms with Crippen LogP contribution in [0, 0.1) is 12.3 Å². The first-order chi connectivity index (χ1) is 8.36. The van der Waals surface area contributed by atoms with Gasteiger partial charge >= 0.3 is 0 Å². The Morgan fingerprint density at radius 2 is 2.33 bits per heavy atom. The number of amidine groups is 1. The second-order valence-electron chi connectivity index (χ2n) is 5.12. The smallest absolute Gasteiger partial charge is 0.144 e. The van der Waals surface area contributed by atoms with Crippen molar-refractivity contribution in [3.05, 3.63) is 16.1 Å². The fourth-order valence-electron chi connectivity index (χ4n) is 1.52. The predicted octanol–water partition coefficient (Wildman–Crippen LogP) is 2.26. The van der Waals surface area contributed by atoms with E-state index in [4.69, 9.17) is 10.9 Å². The Morgan fingerprint density at radius 1 is 1.67 bits per heavy atom. The quantitative estimate of drug-likeness (QED) is 0.320. The average Bonchev–Trinajstić information content (AvgIpc) is 2.74. The van der Waals surface area contributed by atoms with E-state index >= 15 is 0 Å². The van der Waals surface area contributed by atoms with Gasteiger partial charge in [-0.3, -0.25) is 0 Å². The van der Waals surface area contributed by atoms with Gasteiger partial charge in [0.15, 0.2) is 0 Å². The van der Waals surface area contributed by atoms with E-state index in [2.05, 4.69) is 22.4 Å². The Morgan fingerprint density at radius 3 is 2.83 bits per heavy atom. The van der Waals surface area contributed by atoms with E-state index in [1.165, 1.54) is 0 Å². The molecule has 1 atom stereocenters. The molecule has 1 rings (SSSR count). The lowest BCUT2D eigenvalue weighted by Gasteiger charge is -2.23. The van der Waals surface area contributed by atoms with E-state index < -0.39 is 0 Å². The highest BCUT2D eigenvalue weighted by Crippen LogP contribution is 2.21. The summed E-state index contributed by atoms with van der Waals surface area (Å²) in [4.78, 5) is 4.44. The SMILES string of the molecule is Cc1csc(C(C)NCCC(C)(C)C(N)=NO)n1. The molecule has 5 nitrogen and oxygen atoms in total. The normalized spacial score (nSPS) is 14.8. The minimum absolute atomic E-state index is 0.229. The molecule has 0 saturated heterocycles. The lowest BCUT2D eigenvalue weighted by molar-refractivity contribution is 0.304. The fourth-order valence-corrected chi connectivity index (χ4v) is 2.35. The summed E-state index contributed by atoms with van der Waals surface area (Å²) in [5, 5.41) is 18.3. The van der Waals surface area contributed by atoms with Crippen LogP contribution >= 0.6 is 11.3 Å². The summed E-state index contributed by atoms with van der Waals surface area (Å²) < 4.78 is 0. The molecule has 1 unspecified atom stereocenters. The largest absolute Gasteiger partial charge is 0.409 e. The molecule has 0 amide bonds. The molecule has 4 N–H and O–H groups in total. The summed E-state index contributed by atoms with van der Waals surface area (Å²) in [5.74, 6) is 0.266. The van der Waals surface area contributed by atoms with Gasteiger partial charge in [0, 0.05) is 16.5 Å². The van der Waals surface area contributed by atoms with Crippen LogP contribution in [0.5, 0.6) is 0 Å². The third kappa shape index (κ3) is 3.96. The zero-order valence-corrected chi connectivity index (χ0v) is 12.2. The van der Waals surface area contributed by atoms with E-state index in [0.717, 1.165) is 23.7 Å². The Kier molecular flexibility index (Phi) is 5.10. The van der Waals surface area contributed by atoms with Crippen LogP contribution in [0.1, 0.15) is 43.9 Å². The van der Waals surface area contributed by atoms with Gasteiger partial charge in [-0.25, -0.2) is 4.98 Å². The molecule has 0 saturated carbocycles. The summed E-state index contributed by atoms with van der Waals surface area (Å²) in [6.45, 7) is 8.80. The number of oxime groups is 1. The molecule has 6 heteroatoms. The van der Waals surface area contributed by atoms with Crippen molar-refractivity contribution >= 4 is 17.2 Å². The first-order valence-corrected chi connectivity index (χ1v) is 6.88. The maximum absolute atomic E-state index is 8.69. The first-order valence-electron chi connectivity index (χ1n) is 6.00. The number of thiazole rings is 1. The zero-order valence-electron chi connectivity index (χ0n) is 11.4. The van der Waals surface area contributed by atoms with Crippen molar-refractivity contribution < 1.29 is 5.21 Å². The molecular formula is C12H22N4OS. The number of hydrogen-bond donors (Lipinski definition) is 3. The third-order valence-corrected chi connectivity index (χ3v) is 4.15. The van der Waals surface area contributed by atoms with Crippen LogP contribution in [0.15, 0.2) is 10.5 Å². The molecule has 0 aliphatic rings. The minimum atomic E-state index is -0.305.